The molecule has 0 radical (unpaired) electrons. The fourth-order valence-electron chi connectivity index (χ4n) is 0.0224. The molecule has 4 heteroatoms. The highest BCUT2D eigenvalue weighted by atomic mass is 32.4. The van der Waals surface area contributed by atoms with Crippen molar-refractivity contribution in [3.8, 4) is 11.6 Å². The normalized spacial score (nSPS) is 5.00. The first-order valence-corrected chi connectivity index (χ1v) is 3.43. The molecule has 0 unspecified atom stereocenters. The quantitative estimate of drug-likeness (QED) is 0.440. The molecule has 0 aromatic carbocycles. The second kappa shape index (κ2) is 2.72. The first-order chi connectivity index (χ1) is 2.81. The fraction of sp³-hybridized carbons (Fsp3) is 0. The van der Waals surface area contributed by atoms with Gasteiger partial charge in [-0.25, -0.2) is 0 Å². The SMILES string of the molecule is N#C[P+](=S)C#N. The van der Waals surface area contributed by atoms with Crippen LogP contribution in [0, 0.1) is 22.1 Å². The van der Waals surface area contributed by atoms with Crippen molar-refractivity contribution in [1.82, 2.24) is 0 Å². The summed E-state index contributed by atoms with van der Waals surface area (Å²) in [4.78, 5) is 0. The van der Waals surface area contributed by atoms with Crippen LogP contribution in [0.1, 0.15) is 0 Å². The molecule has 0 aromatic heterocycles. The Hall–Kier alpha value is -0.500. The van der Waals surface area contributed by atoms with E-state index in [2.05, 4.69) is 11.8 Å². The van der Waals surface area contributed by atoms with Gasteiger partial charge in [0.15, 0.2) is 11.8 Å². The van der Waals surface area contributed by atoms with Gasteiger partial charge in [0.25, 0.3) is 0 Å². The molecule has 0 saturated carbocycles. The second-order valence-electron chi connectivity index (χ2n) is 0.494. The summed E-state index contributed by atoms with van der Waals surface area (Å²) in [6.07, 6.45) is 0. The van der Waals surface area contributed by atoms with Crippen molar-refractivity contribution >= 4 is 18.5 Å². The van der Waals surface area contributed by atoms with Crippen LogP contribution in [-0.4, -0.2) is 0 Å². The molecule has 0 N–H and O–H groups in total. The topological polar surface area (TPSA) is 47.6 Å². The fourth-order valence-corrected chi connectivity index (χ4v) is 0.0671. The highest BCUT2D eigenvalue weighted by Gasteiger charge is 2.01. The van der Waals surface area contributed by atoms with E-state index >= 15 is 0 Å². The van der Waals surface area contributed by atoms with E-state index in [1.54, 1.807) is 11.6 Å². The van der Waals surface area contributed by atoms with Crippen molar-refractivity contribution in [1.29, 1.82) is 10.5 Å². The molecule has 28 valence electrons. The largest absolute Gasteiger partial charge is 0.410 e. The molecule has 0 bridgehead atoms. The van der Waals surface area contributed by atoms with E-state index < -0.39 is 6.70 Å². The van der Waals surface area contributed by atoms with Crippen LogP contribution in [0.25, 0.3) is 0 Å². The van der Waals surface area contributed by atoms with E-state index in [1.165, 1.54) is 0 Å². The third kappa shape index (κ3) is 1.79. The van der Waals surface area contributed by atoms with E-state index in [0.29, 0.717) is 0 Å². The van der Waals surface area contributed by atoms with Crippen molar-refractivity contribution in [3.05, 3.63) is 0 Å². The van der Waals surface area contributed by atoms with E-state index in [4.69, 9.17) is 10.5 Å². The molecule has 0 amide bonds. The van der Waals surface area contributed by atoms with Gasteiger partial charge >= 0.3 is 18.3 Å². The van der Waals surface area contributed by atoms with Crippen LogP contribution >= 0.6 is 6.70 Å². The van der Waals surface area contributed by atoms with Crippen molar-refractivity contribution in [2.24, 2.45) is 0 Å². The van der Waals surface area contributed by atoms with Gasteiger partial charge in [-0.15, -0.1) is 10.5 Å². The van der Waals surface area contributed by atoms with E-state index in [0.717, 1.165) is 0 Å². The molecule has 0 spiro atoms. The second-order valence-corrected chi connectivity index (χ2v) is 2.58. The van der Waals surface area contributed by atoms with Gasteiger partial charge in [0.1, 0.15) is 0 Å². The Morgan fingerprint density at radius 1 is 1.33 bits per heavy atom. The minimum absolute atomic E-state index is 1.38. The van der Waals surface area contributed by atoms with Crippen LogP contribution in [0.5, 0.6) is 0 Å². The van der Waals surface area contributed by atoms with Gasteiger partial charge in [0.05, 0.1) is 0 Å². The average molecular weight is 115 g/mol. The molecule has 0 atom stereocenters. The minimum atomic E-state index is -1.38. The van der Waals surface area contributed by atoms with Crippen molar-refractivity contribution in [2.75, 3.05) is 0 Å². The lowest BCUT2D eigenvalue weighted by Crippen LogP contribution is -1.34. The summed E-state index contributed by atoms with van der Waals surface area (Å²) < 4.78 is 0. The van der Waals surface area contributed by atoms with Crippen molar-refractivity contribution in [2.45, 2.75) is 0 Å². The number of nitrogens with zero attached hydrogens (tertiary/aromatic N) is 2. The lowest BCUT2D eigenvalue weighted by Gasteiger charge is -1.34. The molecule has 0 rings (SSSR count). The number of hydrogen-bond acceptors (Lipinski definition) is 3. The zero-order valence-electron chi connectivity index (χ0n) is 2.75. The highest BCUT2D eigenvalue weighted by molar-refractivity contribution is 8.09. The van der Waals surface area contributed by atoms with Crippen LogP contribution in [0.15, 0.2) is 0 Å². The molecule has 6 heavy (non-hydrogen) atoms. The molecule has 0 fully saturated rings. The Kier molecular flexibility index (Phi) is 2.50. The Labute approximate surface area is 41.4 Å². The van der Waals surface area contributed by atoms with Crippen LogP contribution < -0.4 is 0 Å². The average Bonchev–Trinajstić information content (AvgIpc) is 1.65. The summed E-state index contributed by atoms with van der Waals surface area (Å²) in [5, 5.41) is 15.6. The number of rotatable bonds is 0. The predicted molar refractivity (Wildman–Crippen MR) is 25.5 cm³/mol. The summed E-state index contributed by atoms with van der Waals surface area (Å²) in [5.74, 6) is 3.27. The summed E-state index contributed by atoms with van der Waals surface area (Å²) in [5.41, 5.74) is 0. The zero-order chi connectivity index (χ0) is 4.99. The zero-order valence-corrected chi connectivity index (χ0v) is 4.46. The Balaban J connectivity index is 3.75. The molecule has 0 aliphatic rings. The standard InChI is InChI=1S/C2N2PS/c3-1-5(6)2-4/q+1. The summed E-state index contributed by atoms with van der Waals surface area (Å²) in [7, 11) is 0. The maximum atomic E-state index is 7.79. The third-order valence-electron chi connectivity index (χ3n) is 0.182. The molecular formula is C2N2PS+. The van der Waals surface area contributed by atoms with E-state index in [-0.39, 0.29) is 0 Å². The van der Waals surface area contributed by atoms with Crippen LogP contribution in [0.2, 0.25) is 0 Å². The predicted octanol–water partition coefficient (Wildman–Crippen LogP) is 0.892. The van der Waals surface area contributed by atoms with Crippen LogP contribution in [-0.2, 0) is 11.8 Å². The number of hydrogen-bond donors (Lipinski definition) is 0. The smallest absolute Gasteiger partial charge is 0.140 e. The third-order valence-corrected chi connectivity index (χ3v) is 1.03. The highest BCUT2D eigenvalue weighted by Crippen LogP contribution is 2.12. The molecular weight excluding hydrogens is 115 g/mol. The summed E-state index contributed by atoms with van der Waals surface area (Å²) in [6.45, 7) is -1.38. The van der Waals surface area contributed by atoms with Crippen LogP contribution in [0.3, 0.4) is 0 Å². The maximum absolute atomic E-state index is 7.79. The molecule has 2 nitrogen and oxygen atoms in total. The summed E-state index contributed by atoms with van der Waals surface area (Å²) >= 11 is 4.28. The van der Waals surface area contributed by atoms with Gasteiger partial charge in [-0.05, 0) is 0 Å². The molecule has 0 heterocycles. The van der Waals surface area contributed by atoms with Gasteiger partial charge in [0.2, 0.25) is 0 Å². The Morgan fingerprint density at radius 2 is 1.67 bits per heavy atom. The van der Waals surface area contributed by atoms with Crippen molar-refractivity contribution < 1.29 is 0 Å². The van der Waals surface area contributed by atoms with E-state index in [1.807, 2.05) is 0 Å². The number of nitriles is 2. The molecule has 0 aliphatic heterocycles. The summed E-state index contributed by atoms with van der Waals surface area (Å²) in [6, 6.07) is 0. The molecule has 0 saturated heterocycles. The first kappa shape index (κ1) is 5.50. The molecule has 0 aliphatic carbocycles. The Bertz CT molecular complexity index is 123. The van der Waals surface area contributed by atoms with Crippen LogP contribution in [0.4, 0.5) is 0 Å². The van der Waals surface area contributed by atoms with Crippen molar-refractivity contribution in [3.63, 3.8) is 0 Å². The maximum Gasteiger partial charge on any atom is 0.410 e. The molecule has 0 aromatic rings. The minimum Gasteiger partial charge on any atom is -0.140 e. The van der Waals surface area contributed by atoms with Gasteiger partial charge < -0.3 is 0 Å². The van der Waals surface area contributed by atoms with Gasteiger partial charge in [-0.3, -0.25) is 0 Å². The Morgan fingerprint density at radius 3 is 1.67 bits per heavy atom. The van der Waals surface area contributed by atoms with Gasteiger partial charge in [0, 0.05) is 0 Å². The monoisotopic (exact) mass is 115 g/mol. The van der Waals surface area contributed by atoms with E-state index in [9.17, 15) is 0 Å². The lowest BCUT2D eigenvalue weighted by molar-refractivity contribution is 1.56. The van der Waals surface area contributed by atoms with Gasteiger partial charge in [-0.2, -0.15) is 0 Å². The lowest BCUT2D eigenvalue weighted by atomic mass is 11.8. The van der Waals surface area contributed by atoms with Gasteiger partial charge in [-0.1, -0.05) is 0 Å². The first-order valence-electron chi connectivity index (χ1n) is 1.08.